The lowest BCUT2D eigenvalue weighted by molar-refractivity contribution is -0.199. The molecule has 4 saturated carbocycles. The van der Waals surface area contributed by atoms with E-state index in [0.29, 0.717) is 24.8 Å². The molecule has 6 fully saturated rings. The molecule has 2 saturated heterocycles. The van der Waals surface area contributed by atoms with Gasteiger partial charge < -0.3 is 30.2 Å². The summed E-state index contributed by atoms with van der Waals surface area (Å²) in [7, 11) is -0.511. The Bertz CT molecular complexity index is 1130. The molecule has 2 aliphatic heterocycles. The number of rotatable bonds is 6. The molecule has 9 nitrogen and oxygen atoms in total. The summed E-state index contributed by atoms with van der Waals surface area (Å²) in [5, 5.41) is 9.11. The van der Waals surface area contributed by atoms with Crippen molar-refractivity contribution in [2.45, 2.75) is 138 Å². The van der Waals surface area contributed by atoms with Gasteiger partial charge in [0.25, 0.3) is 0 Å². The normalized spacial score (nSPS) is 37.1. The molecule has 2 bridgehead atoms. The predicted octanol–water partition coefficient (Wildman–Crippen LogP) is 4.14. The quantitative estimate of drug-likeness (QED) is 0.406. The zero-order chi connectivity index (χ0) is 31.4. The maximum absolute atomic E-state index is 14.2. The highest BCUT2D eigenvalue weighted by molar-refractivity contribution is 6.47. The molecule has 2 heterocycles. The van der Waals surface area contributed by atoms with E-state index < -0.39 is 30.2 Å². The van der Waals surface area contributed by atoms with Gasteiger partial charge in [0.15, 0.2) is 0 Å². The maximum atomic E-state index is 14.2. The Labute approximate surface area is 253 Å². The summed E-state index contributed by atoms with van der Waals surface area (Å²) in [4.78, 5) is 42.9. The van der Waals surface area contributed by atoms with Crippen molar-refractivity contribution in [3.05, 3.63) is 0 Å². The standard InChI is InChI=1S/C32H55BN4O5/c1-13-21(33-41-20-15-17-14-19(30(17,8)9)32(20,12)42-33)34-25(38)23-22-18(31(22,10)11)16-37(23)26(39)24(28(2,3)4)35-27(40)36-29(5,6)7/h17-24H,13-16H2,1-12H3,(H,34,38)(H2,35,36,40)/t17-,18-,19-,20+,21-,22-,23?,24+,32-/m0/s1. The van der Waals surface area contributed by atoms with E-state index in [0.717, 1.165) is 6.42 Å². The second kappa shape index (κ2) is 9.85. The Morgan fingerprint density at radius 1 is 0.976 bits per heavy atom. The average Bonchev–Trinajstić information content (AvgIpc) is 3.18. The van der Waals surface area contributed by atoms with E-state index in [2.05, 4.69) is 50.6 Å². The molecule has 0 aromatic rings. The monoisotopic (exact) mass is 586 g/mol. The second-order valence-corrected chi connectivity index (χ2v) is 17.4. The van der Waals surface area contributed by atoms with Gasteiger partial charge in [-0.3, -0.25) is 9.59 Å². The van der Waals surface area contributed by atoms with Crippen molar-refractivity contribution in [3.8, 4) is 0 Å². The van der Waals surface area contributed by atoms with Crippen LogP contribution in [0.2, 0.25) is 0 Å². The number of urea groups is 1. The van der Waals surface area contributed by atoms with Crippen LogP contribution >= 0.6 is 0 Å². The summed E-state index contributed by atoms with van der Waals surface area (Å²) < 4.78 is 13.2. The Kier molecular flexibility index (Phi) is 7.41. The largest absolute Gasteiger partial charge is 0.481 e. The van der Waals surface area contributed by atoms with Gasteiger partial charge in [-0.1, -0.05) is 55.4 Å². The fourth-order valence-electron chi connectivity index (χ4n) is 8.84. The number of likely N-dealkylation sites (tertiary alicyclic amines) is 1. The molecule has 42 heavy (non-hydrogen) atoms. The summed E-state index contributed by atoms with van der Waals surface area (Å²) >= 11 is 0. The molecule has 6 rings (SSSR count). The second-order valence-electron chi connectivity index (χ2n) is 17.4. The van der Waals surface area contributed by atoms with Gasteiger partial charge in [0.1, 0.15) is 12.1 Å². The smallest absolute Gasteiger partial charge is 0.404 e. The molecule has 3 N–H and O–H groups in total. The number of carbonyl (C=O) groups excluding carboxylic acids is 3. The van der Waals surface area contributed by atoms with Crippen molar-refractivity contribution in [3.63, 3.8) is 0 Å². The van der Waals surface area contributed by atoms with Crippen LogP contribution in [0.15, 0.2) is 0 Å². The third kappa shape index (κ3) is 5.06. The van der Waals surface area contributed by atoms with E-state index >= 15 is 0 Å². The number of carbonyl (C=O) groups is 3. The van der Waals surface area contributed by atoms with Crippen molar-refractivity contribution in [1.82, 2.24) is 20.9 Å². The van der Waals surface area contributed by atoms with Gasteiger partial charge in [0.2, 0.25) is 11.8 Å². The predicted molar refractivity (Wildman–Crippen MR) is 163 cm³/mol. The van der Waals surface area contributed by atoms with E-state index in [-0.39, 0.29) is 58.2 Å². The summed E-state index contributed by atoms with van der Waals surface area (Å²) in [6, 6.07) is -1.77. The van der Waals surface area contributed by atoms with Crippen LogP contribution in [0.25, 0.3) is 0 Å². The molecule has 0 aromatic heterocycles. The van der Waals surface area contributed by atoms with E-state index in [4.69, 9.17) is 9.31 Å². The number of fused-ring (bicyclic) bond motifs is 1. The lowest BCUT2D eigenvalue weighted by atomic mass is 9.43. The first kappa shape index (κ1) is 31.6. The number of hydrogen-bond acceptors (Lipinski definition) is 5. The maximum Gasteiger partial charge on any atom is 0.481 e. The molecule has 0 spiro atoms. The van der Waals surface area contributed by atoms with Crippen LogP contribution in [0.3, 0.4) is 0 Å². The Balaban J connectivity index is 1.32. The van der Waals surface area contributed by atoms with E-state index in [1.165, 1.54) is 6.42 Å². The molecule has 236 valence electrons. The van der Waals surface area contributed by atoms with Gasteiger partial charge >= 0.3 is 13.1 Å². The third-order valence-electron chi connectivity index (χ3n) is 11.7. The van der Waals surface area contributed by atoms with E-state index in [9.17, 15) is 14.4 Å². The fraction of sp³-hybridized carbons (Fsp3) is 0.906. The molecule has 4 aliphatic carbocycles. The molecule has 4 amide bonds. The molecule has 0 radical (unpaired) electrons. The van der Waals surface area contributed by atoms with Crippen molar-refractivity contribution in [1.29, 1.82) is 0 Å². The molecule has 6 aliphatic rings. The Morgan fingerprint density at radius 3 is 2.17 bits per heavy atom. The van der Waals surface area contributed by atoms with Gasteiger partial charge in [0.05, 0.1) is 17.6 Å². The van der Waals surface area contributed by atoms with Gasteiger partial charge in [-0.15, -0.1) is 0 Å². The van der Waals surface area contributed by atoms with Crippen LogP contribution in [0.4, 0.5) is 4.79 Å². The fourth-order valence-corrected chi connectivity index (χ4v) is 8.84. The summed E-state index contributed by atoms with van der Waals surface area (Å²) in [6.45, 7) is 25.3. The lowest BCUT2D eigenvalue weighted by Crippen LogP contribution is -2.65. The third-order valence-corrected chi connectivity index (χ3v) is 11.7. The molecular weight excluding hydrogens is 531 g/mol. The lowest BCUT2D eigenvalue weighted by Gasteiger charge is -2.64. The Morgan fingerprint density at radius 2 is 1.62 bits per heavy atom. The molecule has 0 aromatic carbocycles. The first-order chi connectivity index (χ1) is 19.1. The number of hydrogen-bond donors (Lipinski definition) is 3. The van der Waals surface area contributed by atoms with Crippen LogP contribution in [0.5, 0.6) is 0 Å². The summed E-state index contributed by atoms with van der Waals surface area (Å²) in [5.74, 6) is 0.734. The molecule has 9 atom stereocenters. The van der Waals surface area contributed by atoms with Crippen molar-refractivity contribution < 1.29 is 23.7 Å². The Hall–Kier alpha value is -1.81. The van der Waals surface area contributed by atoms with E-state index in [1.807, 2.05) is 48.5 Å². The minimum absolute atomic E-state index is 0.0237. The van der Waals surface area contributed by atoms with Gasteiger partial charge in [-0.05, 0) is 86.9 Å². The zero-order valence-electron chi connectivity index (χ0n) is 28.0. The topological polar surface area (TPSA) is 109 Å². The SMILES string of the molecule is CC[C@H](NC(=O)C1[C@@H]2[C@H](CN1C(=O)[C@@H](NC(=O)NC(C)(C)C)C(C)(C)C)C2(C)C)B1O[C@@H]2C[C@@H]3C[C@@H](C3(C)C)[C@]2(C)O1. The zero-order valence-corrected chi connectivity index (χ0v) is 28.0. The average molecular weight is 587 g/mol. The number of piperidine rings is 1. The van der Waals surface area contributed by atoms with Gasteiger partial charge in [0, 0.05) is 12.1 Å². The van der Waals surface area contributed by atoms with Crippen molar-refractivity contribution >= 4 is 25.0 Å². The minimum atomic E-state index is -0.780. The van der Waals surface area contributed by atoms with Gasteiger partial charge in [-0.2, -0.15) is 0 Å². The van der Waals surface area contributed by atoms with Crippen LogP contribution in [0, 0.1) is 39.9 Å². The summed E-state index contributed by atoms with van der Waals surface area (Å²) in [6.07, 6.45) is 2.87. The number of amides is 4. The van der Waals surface area contributed by atoms with Crippen LogP contribution in [-0.4, -0.2) is 71.7 Å². The molecular formula is C32H55BN4O5. The van der Waals surface area contributed by atoms with E-state index in [1.54, 1.807) is 4.90 Å². The first-order valence-electron chi connectivity index (χ1n) is 16.2. The highest BCUT2D eigenvalue weighted by Gasteiger charge is 2.71. The van der Waals surface area contributed by atoms with Crippen LogP contribution < -0.4 is 16.0 Å². The summed E-state index contributed by atoms with van der Waals surface area (Å²) in [5.41, 5.74) is -1.12. The van der Waals surface area contributed by atoms with Gasteiger partial charge in [-0.25, -0.2) is 4.79 Å². The van der Waals surface area contributed by atoms with Crippen LogP contribution in [0.1, 0.15) is 102 Å². The number of nitrogens with one attached hydrogen (secondary N) is 3. The van der Waals surface area contributed by atoms with Crippen molar-refractivity contribution in [2.24, 2.45) is 39.9 Å². The van der Waals surface area contributed by atoms with Crippen molar-refractivity contribution in [2.75, 3.05) is 6.54 Å². The highest BCUT2D eigenvalue weighted by Crippen LogP contribution is 2.66. The minimum Gasteiger partial charge on any atom is -0.404 e. The van der Waals surface area contributed by atoms with Crippen LogP contribution in [-0.2, 0) is 18.9 Å². The highest BCUT2D eigenvalue weighted by atomic mass is 16.7. The first-order valence-corrected chi connectivity index (χ1v) is 16.2. The molecule has 1 unspecified atom stereocenters. The molecule has 10 heteroatoms. The number of nitrogens with zero attached hydrogens (tertiary/aromatic N) is 1.